The summed E-state index contributed by atoms with van der Waals surface area (Å²) in [6.45, 7) is 7.03. The average Bonchev–Trinajstić information content (AvgIpc) is 1.97. The molecule has 0 aliphatic carbocycles. The first-order valence-electron chi connectivity index (χ1n) is 4.18. The van der Waals surface area contributed by atoms with Crippen LogP contribution in [-0.4, -0.2) is 30.4 Å². The van der Waals surface area contributed by atoms with Crippen molar-refractivity contribution < 1.29 is 14.3 Å². The maximum atomic E-state index is 11.1. The Hall–Kier alpha value is -0.900. The van der Waals surface area contributed by atoms with Gasteiger partial charge in [0, 0.05) is 0 Å². The predicted molar refractivity (Wildman–Crippen MR) is 49.0 cm³/mol. The fourth-order valence-electron chi connectivity index (χ4n) is 0.656. The van der Waals surface area contributed by atoms with E-state index in [-0.39, 0.29) is 12.5 Å². The Kier molecular flexibility index (Phi) is 4.62. The molecule has 0 aromatic carbocycles. The summed E-state index contributed by atoms with van der Waals surface area (Å²) in [5, 5.41) is 2.66. The highest BCUT2D eigenvalue weighted by atomic mass is 16.6. The van der Waals surface area contributed by atoms with Crippen LogP contribution in [0.5, 0.6) is 0 Å². The molecular weight excluding hydrogens is 170 g/mol. The molecular formula is C9H16NO3. The zero-order chi connectivity index (χ0) is 10.5. The third kappa shape index (κ3) is 7.46. The van der Waals surface area contributed by atoms with E-state index in [0.29, 0.717) is 0 Å². The van der Waals surface area contributed by atoms with E-state index in [2.05, 4.69) is 5.32 Å². The molecule has 0 aromatic rings. The van der Waals surface area contributed by atoms with Crippen molar-refractivity contribution in [3.8, 4) is 0 Å². The number of nitrogens with one attached hydrogen (secondary N) is 1. The lowest BCUT2D eigenvalue weighted by molar-refractivity contribution is -0.153. The second-order valence-electron chi connectivity index (χ2n) is 3.81. The van der Waals surface area contributed by atoms with Crippen LogP contribution in [0.1, 0.15) is 27.7 Å². The van der Waals surface area contributed by atoms with Gasteiger partial charge >= 0.3 is 5.97 Å². The molecule has 1 atom stereocenters. The van der Waals surface area contributed by atoms with Crippen molar-refractivity contribution in [2.45, 2.75) is 39.3 Å². The number of esters is 1. The highest BCUT2D eigenvalue weighted by Crippen LogP contribution is 2.06. The van der Waals surface area contributed by atoms with E-state index in [1.54, 1.807) is 34.0 Å². The molecule has 0 amide bonds. The minimum atomic E-state index is -0.479. The van der Waals surface area contributed by atoms with Gasteiger partial charge in [-0.25, -0.2) is 0 Å². The molecule has 4 nitrogen and oxygen atoms in total. The Morgan fingerprint density at radius 2 is 2.08 bits per heavy atom. The average molecular weight is 186 g/mol. The van der Waals surface area contributed by atoms with E-state index in [9.17, 15) is 9.59 Å². The van der Waals surface area contributed by atoms with E-state index >= 15 is 0 Å². The van der Waals surface area contributed by atoms with Gasteiger partial charge in [0.05, 0.1) is 12.6 Å². The van der Waals surface area contributed by atoms with Crippen molar-refractivity contribution in [3.63, 3.8) is 0 Å². The van der Waals surface area contributed by atoms with E-state index in [1.807, 2.05) is 0 Å². The first-order chi connectivity index (χ1) is 5.85. The van der Waals surface area contributed by atoms with Crippen molar-refractivity contribution in [1.82, 2.24) is 5.32 Å². The molecule has 75 valence electrons. The molecule has 1 N–H and O–H groups in total. The number of carbonyl (C=O) groups excluding carboxylic acids is 2. The topological polar surface area (TPSA) is 55.4 Å². The van der Waals surface area contributed by atoms with Crippen LogP contribution in [0, 0.1) is 0 Å². The summed E-state index contributed by atoms with van der Waals surface area (Å²) in [5.74, 6) is -0.366. The van der Waals surface area contributed by atoms with Crippen LogP contribution >= 0.6 is 0 Å². The molecule has 0 saturated carbocycles. The van der Waals surface area contributed by atoms with Gasteiger partial charge in [0.25, 0.3) is 0 Å². The smallest absolute Gasteiger partial charge is 0.320 e. The number of ether oxygens (including phenoxy) is 1. The third-order valence-corrected chi connectivity index (χ3v) is 1.15. The normalized spacial score (nSPS) is 13.5. The summed E-state index contributed by atoms with van der Waals surface area (Å²) < 4.78 is 5.00. The van der Waals surface area contributed by atoms with Crippen LogP contribution in [0.2, 0.25) is 0 Å². The van der Waals surface area contributed by atoms with E-state index in [4.69, 9.17) is 4.74 Å². The molecule has 0 bridgehead atoms. The lowest BCUT2D eigenvalue weighted by Gasteiger charge is -2.19. The van der Waals surface area contributed by atoms with E-state index in [0.717, 1.165) is 0 Å². The van der Waals surface area contributed by atoms with Gasteiger partial charge in [0.2, 0.25) is 6.29 Å². The van der Waals surface area contributed by atoms with Crippen molar-refractivity contribution in [2.75, 3.05) is 6.54 Å². The van der Waals surface area contributed by atoms with E-state index in [1.165, 1.54) is 0 Å². The Labute approximate surface area is 78.6 Å². The van der Waals surface area contributed by atoms with Gasteiger partial charge in [-0.15, -0.1) is 0 Å². The minimum absolute atomic E-state index is 0.0354. The lowest BCUT2D eigenvalue weighted by Crippen LogP contribution is -2.36. The SMILES string of the molecule is CC([C]=O)NCC(=O)OC(C)(C)C. The van der Waals surface area contributed by atoms with Crippen LogP contribution < -0.4 is 5.32 Å². The second kappa shape index (κ2) is 4.97. The van der Waals surface area contributed by atoms with Crippen LogP contribution in [0.25, 0.3) is 0 Å². The Bertz CT molecular complexity index is 184. The van der Waals surface area contributed by atoms with Crippen LogP contribution in [-0.2, 0) is 14.3 Å². The van der Waals surface area contributed by atoms with Crippen molar-refractivity contribution >= 4 is 12.3 Å². The largest absolute Gasteiger partial charge is 0.459 e. The molecule has 0 rings (SSSR count). The van der Waals surface area contributed by atoms with Gasteiger partial charge < -0.3 is 4.74 Å². The fraction of sp³-hybridized carbons (Fsp3) is 0.778. The highest BCUT2D eigenvalue weighted by Gasteiger charge is 2.16. The zero-order valence-corrected chi connectivity index (χ0v) is 8.51. The minimum Gasteiger partial charge on any atom is -0.459 e. The maximum Gasteiger partial charge on any atom is 0.320 e. The quantitative estimate of drug-likeness (QED) is 0.646. The Morgan fingerprint density at radius 3 is 2.46 bits per heavy atom. The maximum absolute atomic E-state index is 11.1. The van der Waals surface area contributed by atoms with Gasteiger partial charge in [0.1, 0.15) is 5.60 Å². The first-order valence-corrected chi connectivity index (χ1v) is 4.18. The molecule has 0 spiro atoms. The fourth-order valence-corrected chi connectivity index (χ4v) is 0.656. The molecule has 1 unspecified atom stereocenters. The van der Waals surface area contributed by atoms with E-state index < -0.39 is 11.6 Å². The van der Waals surface area contributed by atoms with Gasteiger partial charge in [-0.05, 0) is 27.7 Å². The highest BCUT2D eigenvalue weighted by molar-refractivity contribution is 5.72. The number of rotatable bonds is 4. The zero-order valence-electron chi connectivity index (χ0n) is 8.51. The lowest BCUT2D eigenvalue weighted by atomic mass is 10.2. The molecule has 0 aliphatic rings. The summed E-state index contributed by atoms with van der Waals surface area (Å²) in [6, 6.07) is -0.437. The van der Waals surface area contributed by atoms with Crippen molar-refractivity contribution in [2.24, 2.45) is 0 Å². The van der Waals surface area contributed by atoms with Crippen LogP contribution in [0.4, 0.5) is 0 Å². The van der Waals surface area contributed by atoms with Gasteiger partial charge in [-0.3, -0.25) is 14.9 Å². The summed E-state index contributed by atoms with van der Waals surface area (Å²) in [5.41, 5.74) is -0.479. The Morgan fingerprint density at radius 1 is 1.54 bits per heavy atom. The predicted octanol–water partition coefficient (Wildman–Crippen LogP) is 0.416. The summed E-state index contributed by atoms with van der Waals surface area (Å²) in [7, 11) is 0. The molecule has 0 fully saturated rings. The number of hydrogen-bond acceptors (Lipinski definition) is 4. The van der Waals surface area contributed by atoms with Crippen LogP contribution in [0.3, 0.4) is 0 Å². The van der Waals surface area contributed by atoms with Gasteiger partial charge in [-0.1, -0.05) is 0 Å². The Balaban J connectivity index is 3.70. The monoisotopic (exact) mass is 186 g/mol. The molecule has 0 saturated heterocycles. The number of carbonyl (C=O) groups is 1. The van der Waals surface area contributed by atoms with Gasteiger partial charge in [-0.2, -0.15) is 0 Å². The summed E-state index contributed by atoms with van der Waals surface area (Å²) in [6.07, 6.45) is 1.71. The first kappa shape index (κ1) is 12.1. The summed E-state index contributed by atoms with van der Waals surface area (Å²) in [4.78, 5) is 21.1. The van der Waals surface area contributed by atoms with Gasteiger partial charge in [0.15, 0.2) is 0 Å². The molecule has 13 heavy (non-hydrogen) atoms. The second-order valence-corrected chi connectivity index (χ2v) is 3.81. The molecule has 0 heterocycles. The standard InChI is InChI=1S/C9H16NO3/c1-7(6-11)10-5-8(12)13-9(2,3)4/h7,10H,5H2,1-4H3. The molecule has 1 radical (unpaired) electrons. The third-order valence-electron chi connectivity index (χ3n) is 1.15. The summed E-state index contributed by atoms with van der Waals surface area (Å²) >= 11 is 0. The van der Waals surface area contributed by atoms with Crippen molar-refractivity contribution in [1.29, 1.82) is 0 Å². The molecule has 0 aromatic heterocycles. The molecule has 4 heteroatoms. The van der Waals surface area contributed by atoms with Crippen molar-refractivity contribution in [3.05, 3.63) is 0 Å². The van der Waals surface area contributed by atoms with Crippen LogP contribution in [0.15, 0.2) is 0 Å². The number of hydrogen-bond donors (Lipinski definition) is 1. The molecule has 0 aliphatic heterocycles.